The zero-order valence-corrected chi connectivity index (χ0v) is 14.5. The number of aliphatic hydroxyl groups is 1. The molecule has 0 radical (unpaired) electrons. The van der Waals surface area contributed by atoms with Crippen LogP contribution >= 0.6 is 27.3 Å². The summed E-state index contributed by atoms with van der Waals surface area (Å²) in [4.78, 5) is 28.1. The molecule has 1 saturated heterocycles. The first kappa shape index (κ1) is 16.5. The van der Waals surface area contributed by atoms with Crippen molar-refractivity contribution in [3.05, 3.63) is 20.8 Å². The van der Waals surface area contributed by atoms with Crippen LogP contribution in [-0.4, -0.2) is 59.5 Å². The van der Waals surface area contributed by atoms with Crippen LogP contribution in [0.1, 0.15) is 23.0 Å². The molecule has 1 aromatic heterocycles. The second-order valence-electron chi connectivity index (χ2n) is 5.44. The van der Waals surface area contributed by atoms with Crippen molar-refractivity contribution in [2.45, 2.75) is 19.4 Å². The lowest BCUT2D eigenvalue weighted by Crippen LogP contribution is -2.49. The summed E-state index contributed by atoms with van der Waals surface area (Å²) in [7, 11) is 1.62. The Balaban J connectivity index is 1.91. The first-order chi connectivity index (χ1) is 9.88. The van der Waals surface area contributed by atoms with Gasteiger partial charge in [-0.3, -0.25) is 9.59 Å². The van der Waals surface area contributed by atoms with Crippen LogP contribution in [0.5, 0.6) is 0 Å². The van der Waals surface area contributed by atoms with Gasteiger partial charge in [0.1, 0.15) is 0 Å². The first-order valence-corrected chi connectivity index (χ1v) is 8.46. The van der Waals surface area contributed by atoms with Gasteiger partial charge in [-0.05, 0) is 40.4 Å². The van der Waals surface area contributed by atoms with Crippen LogP contribution in [0.3, 0.4) is 0 Å². The van der Waals surface area contributed by atoms with E-state index in [9.17, 15) is 14.7 Å². The van der Waals surface area contributed by atoms with Gasteiger partial charge < -0.3 is 14.9 Å². The summed E-state index contributed by atoms with van der Waals surface area (Å²) < 4.78 is 0.888. The van der Waals surface area contributed by atoms with E-state index in [1.165, 1.54) is 16.2 Å². The summed E-state index contributed by atoms with van der Waals surface area (Å²) in [5.74, 6) is -0.0609. The average molecular weight is 375 g/mol. The highest BCUT2D eigenvalue weighted by Crippen LogP contribution is 2.23. The van der Waals surface area contributed by atoms with Gasteiger partial charge in [-0.25, -0.2) is 0 Å². The lowest BCUT2D eigenvalue weighted by Gasteiger charge is -2.35. The fraction of sp³-hybridized carbons (Fsp3) is 0.571. The Morgan fingerprint density at radius 3 is 2.81 bits per heavy atom. The second kappa shape index (κ2) is 6.89. The van der Waals surface area contributed by atoms with E-state index in [1.807, 2.05) is 13.0 Å². The Morgan fingerprint density at radius 1 is 1.52 bits per heavy atom. The van der Waals surface area contributed by atoms with Crippen molar-refractivity contribution in [2.75, 3.05) is 26.7 Å². The molecule has 1 aromatic rings. The van der Waals surface area contributed by atoms with Crippen molar-refractivity contribution in [3.8, 4) is 0 Å². The van der Waals surface area contributed by atoms with E-state index < -0.39 is 6.10 Å². The number of likely N-dealkylation sites (N-methyl/N-ethyl adjacent to an activating group) is 1. The molecular weight excluding hydrogens is 356 g/mol. The molecule has 21 heavy (non-hydrogen) atoms. The molecule has 0 bridgehead atoms. The number of halogens is 1. The van der Waals surface area contributed by atoms with E-state index in [1.54, 1.807) is 18.0 Å². The molecule has 7 heteroatoms. The molecule has 0 aliphatic carbocycles. The smallest absolute Gasteiger partial charge is 0.264 e. The highest BCUT2D eigenvalue weighted by molar-refractivity contribution is 9.11. The maximum absolute atomic E-state index is 12.2. The molecule has 5 nitrogen and oxygen atoms in total. The second-order valence-corrected chi connectivity index (χ2v) is 7.90. The predicted octanol–water partition coefficient (Wildman–Crippen LogP) is 1.81. The molecule has 1 fully saturated rings. The van der Waals surface area contributed by atoms with Crippen LogP contribution < -0.4 is 0 Å². The zero-order chi connectivity index (χ0) is 15.6. The quantitative estimate of drug-likeness (QED) is 0.877. The number of nitrogens with zero attached hydrogens (tertiary/aromatic N) is 2. The average Bonchev–Trinajstić information content (AvgIpc) is 2.87. The van der Waals surface area contributed by atoms with Crippen molar-refractivity contribution in [1.82, 2.24) is 9.80 Å². The number of aliphatic hydroxyl groups excluding tert-OH is 1. The summed E-state index contributed by atoms with van der Waals surface area (Å²) in [6.07, 6.45) is 0.319. The van der Waals surface area contributed by atoms with Gasteiger partial charge >= 0.3 is 0 Å². The van der Waals surface area contributed by atoms with Gasteiger partial charge in [0, 0.05) is 20.1 Å². The minimum absolute atomic E-state index is 0.0372. The number of hydrogen-bond acceptors (Lipinski definition) is 4. The van der Waals surface area contributed by atoms with Gasteiger partial charge in [-0.2, -0.15) is 0 Å². The summed E-state index contributed by atoms with van der Waals surface area (Å²) >= 11 is 4.67. The fourth-order valence-electron chi connectivity index (χ4n) is 2.27. The number of hydrogen-bond donors (Lipinski definition) is 1. The number of likely N-dealkylation sites (tertiary alicyclic amines) is 1. The molecule has 0 saturated carbocycles. The number of carbonyl (C=O) groups is 2. The Morgan fingerprint density at radius 2 is 2.24 bits per heavy atom. The van der Waals surface area contributed by atoms with E-state index >= 15 is 0 Å². The van der Waals surface area contributed by atoms with Gasteiger partial charge in [-0.15, -0.1) is 11.3 Å². The van der Waals surface area contributed by atoms with Crippen LogP contribution in [0.15, 0.2) is 15.9 Å². The number of piperidine rings is 1. The molecule has 0 spiro atoms. The molecule has 1 aliphatic heterocycles. The van der Waals surface area contributed by atoms with Crippen LogP contribution in [0.4, 0.5) is 0 Å². The fourth-order valence-corrected chi connectivity index (χ4v) is 3.65. The van der Waals surface area contributed by atoms with Crippen LogP contribution in [-0.2, 0) is 4.79 Å². The van der Waals surface area contributed by atoms with Crippen LogP contribution in [0, 0.1) is 5.92 Å². The Hall–Kier alpha value is -0.920. The molecule has 1 N–H and O–H groups in total. The van der Waals surface area contributed by atoms with Gasteiger partial charge in [-0.1, -0.05) is 6.92 Å². The third-order valence-corrected chi connectivity index (χ3v) is 5.39. The normalized spacial score (nSPS) is 22.2. The number of thiophene rings is 1. The SMILES string of the molecule is C[C@@H]1CCN(C(=O)CN(C)C(=O)c2ccc(Br)s2)C[C@H]1O. The zero-order valence-electron chi connectivity index (χ0n) is 12.1. The third kappa shape index (κ3) is 4.05. The van der Waals surface area contributed by atoms with E-state index in [0.29, 0.717) is 18.0 Å². The van der Waals surface area contributed by atoms with E-state index in [4.69, 9.17) is 0 Å². The van der Waals surface area contributed by atoms with Gasteiger partial charge in [0.15, 0.2) is 0 Å². The molecule has 2 atom stereocenters. The van der Waals surface area contributed by atoms with E-state index in [0.717, 1.165) is 10.2 Å². The molecule has 116 valence electrons. The Kier molecular flexibility index (Phi) is 5.40. The van der Waals surface area contributed by atoms with Crippen molar-refractivity contribution >= 4 is 39.1 Å². The molecule has 2 amide bonds. The number of carbonyl (C=O) groups excluding carboxylic acids is 2. The minimum Gasteiger partial charge on any atom is -0.391 e. The van der Waals surface area contributed by atoms with Gasteiger partial charge in [0.25, 0.3) is 5.91 Å². The van der Waals surface area contributed by atoms with E-state index in [-0.39, 0.29) is 24.3 Å². The van der Waals surface area contributed by atoms with Crippen molar-refractivity contribution < 1.29 is 14.7 Å². The molecular formula is C14H19BrN2O3S. The highest BCUT2D eigenvalue weighted by atomic mass is 79.9. The Labute approximate surface area is 136 Å². The lowest BCUT2D eigenvalue weighted by atomic mass is 9.96. The van der Waals surface area contributed by atoms with Gasteiger partial charge in [0.05, 0.1) is 21.3 Å². The number of amides is 2. The van der Waals surface area contributed by atoms with Crippen molar-refractivity contribution in [1.29, 1.82) is 0 Å². The lowest BCUT2D eigenvalue weighted by molar-refractivity contribution is -0.135. The molecule has 2 heterocycles. The van der Waals surface area contributed by atoms with Crippen molar-refractivity contribution in [3.63, 3.8) is 0 Å². The van der Waals surface area contributed by atoms with Gasteiger partial charge in [0.2, 0.25) is 5.91 Å². The van der Waals surface area contributed by atoms with E-state index in [2.05, 4.69) is 15.9 Å². The summed E-state index contributed by atoms with van der Waals surface area (Å²) in [5, 5.41) is 9.84. The Bertz CT molecular complexity index is 534. The minimum atomic E-state index is -0.475. The van der Waals surface area contributed by atoms with Crippen LogP contribution in [0.25, 0.3) is 0 Å². The third-order valence-electron chi connectivity index (χ3n) is 3.77. The largest absolute Gasteiger partial charge is 0.391 e. The maximum atomic E-state index is 12.2. The number of rotatable bonds is 3. The molecule has 2 rings (SSSR count). The topological polar surface area (TPSA) is 60.9 Å². The first-order valence-electron chi connectivity index (χ1n) is 6.85. The van der Waals surface area contributed by atoms with Crippen molar-refractivity contribution in [2.24, 2.45) is 5.92 Å². The summed E-state index contributed by atoms with van der Waals surface area (Å²) in [6, 6.07) is 3.56. The molecule has 0 aromatic carbocycles. The summed E-state index contributed by atoms with van der Waals surface area (Å²) in [5.41, 5.74) is 0. The number of β-amino-alcohol motifs (C(OH)–C–C–N with tert-alkyl or cyclic N) is 1. The molecule has 1 aliphatic rings. The summed E-state index contributed by atoms with van der Waals surface area (Å²) in [6.45, 7) is 3.02. The molecule has 0 unspecified atom stereocenters. The highest BCUT2D eigenvalue weighted by Gasteiger charge is 2.28. The standard InChI is InChI=1S/C14H19BrN2O3S/c1-9-5-6-17(7-10(9)18)13(19)8-16(2)14(20)11-3-4-12(15)21-11/h3-4,9-10,18H,5-8H2,1-2H3/t9-,10-/m1/s1. The predicted molar refractivity (Wildman–Crippen MR) is 85.3 cm³/mol. The maximum Gasteiger partial charge on any atom is 0.264 e. The van der Waals surface area contributed by atoms with Crippen LogP contribution in [0.2, 0.25) is 0 Å². The monoisotopic (exact) mass is 374 g/mol.